The van der Waals surface area contributed by atoms with Crippen LogP contribution in [-0.2, 0) is 9.53 Å². The molecule has 0 N–H and O–H groups in total. The highest BCUT2D eigenvalue weighted by Gasteiger charge is 2.83. The van der Waals surface area contributed by atoms with Crippen molar-refractivity contribution in [3.8, 4) is 0 Å². The molecule has 0 radical (unpaired) electrons. The first-order valence-corrected chi connectivity index (χ1v) is 14.9. The van der Waals surface area contributed by atoms with Gasteiger partial charge in [-0.3, -0.25) is 9.69 Å². The average Bonchev–Trinajstić information content (AvgIpc) is 3.09. The Hall–Kier alpha value is -0.710. The van der Waals surface area contributed by atoms with Gasteiger partial charge in [-0.15, -0.1) is 0 Å². The van der Waals surface area contributed by atoms with Crippen LogP contribution in [0.5, 0.6) is 0 Å². The van der Waals surface area contributed by atoms with E-state index in [9.17, 15) is 4.79 Å². The third kappa shape index (κ3) is 3.00. The monoisotopic (exact) mass is 480 g/mol. The summed E-state index contributed by atoms with van der Waals surface area (Å²) in [5.74, 6) is 3.69. The number of ether oxygens (including phenoxy) is 1. The van der Waals surface area contributed by atoms with Crippen molar-refractivity contribution in [1.29, 1.82) is 0 Å². The van der Waals surface area contributed by atoms with Crippen molar-refractivity contribution < 1.29 is 9.53 Å². The van der Waals surface area contributed by atoms with Crippen LogP contribution < -0.4 is 0 Å². The van der Waals surface area contributed by atoms with Crippen LogP contribution in [0.25, 0.3) is 0 Å². The first-order chi connectivity index (χ1) is 16.6. The van der Waals surface area contributed by atoms with E-state index in [1.165, 1.54) is 70.0 Å². The van der Waals surface area contributed by atoms with E-state index in [4.69, 9.17) is 4.74 Å². The second kappa shape index (κ2) is 7.44. The molecule has 0 bridgehead atoms. The number of likely N-dealkylation sites (N-methyl/N-ethyl adjacent to an activating group) is 1. The first kappa shape index (κ1) is 23.4. The number of rotatable bonds is 3. The molecule has 2 spiro atoms. The summed E-state index contributed by atoms with van der Waals surface area (Å²) >= 11 is 0. The Balaban J connectivity index is 1.17. The van der Waals surface area contributed by atoms with Gasteiger partial charge < -0.3 is 9.64 Å². The summed E-state index contributed by atoms with van der Waals surface area (Å²) in [6, 6.07) is 0.622. The molecule has 10 unspecified atom stereocenters. The van der Waals surface area contributed by atoms with Gasteiger partial charge in [-0.2, -0.15) is 0 Å². The molecule has 2 saturated heterocycles. The quantitative estimate of drug-likeness (QED) is 0.547. The Labute approximate surface area is 213 Å². The Morgan fingerprint density at radius 2 is 1.94 bits per heavy atom. The molecule has 5 aliphatic carbocycles. The molecule has 10 atom stereocenters. The van der Waals surface area contributed by atoms with Crippen LogP contribution in [0.2, 0.25) is 0 Å². The smallest absolute Gasteiger partial charge is 0.155 e. The summed E-state index contributed by atoms with van der Waals surface area (Å²) in [5.41, 5.74) is 2.76. The number of hydrogen-bond acceptors (Lipinski definition) is 4. The maximum atomic E-state index is 12.3. The number of likely N-dealkylation sites (tertiary alicyclic amines) is 1. The van der Waals surface area contributed by atoms with Crippen LogP contribution in [0.1, 0.15) is 85.0 Å². The molecule has 7 rings (SSSR count). The van der Waals surface area contributed by atoms with Gasteiger partial charge in [-0.25, -0.2) is 0 Å². The molecular formula is C31H48N2O2. The molecule has 4 heteroatoms. The van der Waals surface area contributed by atoms with Gasteiger partial charge >= 0.3 is 0 Å². The fraction of sp³-hybridized carbons (Fsp3) is 0.903. The van der Waals surface area contributed by atoms with E-state index in [0.717, 1.165) is 43.1 Å². The molecule has 0 aromatic rings. The van der Waals surface area contributed by atoms with Gasteiger partial charge in [0.2, 0.25) is 0 Å². The van der Waals surface area contributed by atoms with Gasteiger partial charge in [0.25, 0.3) is 0 Å². The summed E-state index contributed by atoms with van der Waals surface area (Å²) in [4.78, 5) is 17.4. The van der Waals surface area contributed by atoms with Gasteiger partial charge in [0, 0.05) is 37.5 Å². The lowest BCUT2D eigenvalue weighted by molar-refractivity contribution is -0.137. The second-order valence-corrected chi connectivity index (χ2v) is 14.9. The fourth-order valence-electron chi connectivity index (χ4n) is 11.3. The molecule has 0 amide bonds. The summed E-state index contributed by atoms with van der Waals surface area (Å²) in [5, 5.41) is 0. The van der Waals surface area contributed by atoms with E-state index in [2.05, 4.69) is 50.7 Å². The molecule has 4 nitrogen and oxygen atoms in total. The molecule has 0 aromatic heterocycles. The number of piperidine rings is 1. The zero-order valence-corrected chi connectivity index (χ0v) is 22.9. The van der Waals surface area contributed by atoms with E-state index >= 15 is 0 Å². The van der Waals surface area contributed by atoms with Crippen molar-refractivity contribution in [2.45, 2.75) is 103 Å². The number of hydrogen-bond donors (Lipinski definition) is 0. The largest absolute Gasteiger partial charge is 0.369 e. The maximum Gasteiger partial charge on any atom is 0.155 e. The molecule has 194 valence electrons. The highest BCUT2D eigenvalue weighted by atomic mass is 16.5. The lowest BCUT2D eigenvalue weighted by Crippen LogP contribution is -2.50. The molecule has 6 fully saturated rings. The van der Waals surface area contributed by atoms with E-state index < -0.39 is 0 Å². The SMILES string of the molecule is CC1CC2OC3(CCC4C5CCC6=CC(=O)CCC6(C)C5CC45CC35C)CC2N(CCN(C)C)C1. The number of ketones is 1. The fourth-order valence-corrected chi connectivity index (χ4v) is 11.3. The van der Waals surface area contributed by atoms with Crippen LogP contribution in [-0.4, -0.2) is 67.1 Å². The lowest BCUT2D eigenvalue weighted by atomic mass is 9.56. The maximum absolute atomic E-state index is 12.3. The van der Waals surface area contributed by atoms with Crippen molar-refractivity contribution in [1.82, 2.24) is 9.80 Å². The zero-order chi connectivity index (χ0) is 24.4. The zero-order valence-electron chi connectivity index (χ0n) is 22.9. The van der Waals surface area contributed by atoms with E-state index in [-0.39, 0.29) is 11.0 Å². The van der Waals surface area contributed by atoms with Gasteiger partial charge in [0.1, 0.15) is 0 Å². The first-order valence-electron chi connectivity index (χ1n) is 14.9. The highest BCUT2D eigenvalue weighted by Crippen LogP contribution is 2.86. The normalized spacial score (nSPS) is 54.7. The second-order valence-electron chi connectivity index (χ2n) is 14.9. The minimum absolute atomic E-state index is 0.106. The number of carbonyl (C=O) groups is 1. The van der Waals surface area contributed by atoms with Gasteiger partial charge in [-0.1, -0.05) is 26.3 Å². The molecular weight excluding hydrogens is 432 g/mol. The van der Waals surface area contributed by atoms with E-state index in [1.54, 1.807) is 0 Å². The Morgan fingerprint density at radius 3 is 2.74 bits per heavy atom. The summed E-state index contributed by atoms with van der Waals surface area (Å²) in [6.45, 7) is 11.2. The molecule has 35 heavy (non-hydrogen) atoms. The number of allylic oxidation sites excluding steroid dienone is 2. The molecule has 4 saturated carbocycles. The lowest BCUT2D eigenvalue weighted by Gasteiger charge is -2.49. The van der Waals surface area contributed by atoms with Crippen molar-refractivity contribution in [2.24, 2.45) is 39.9 Å². The van der Waals surface area contributed by atoms with Crippen LogP contribution in [0.4, 0.5) is 0 Å². The minimum atomic E-state index is 0.106. The molecule has 7 aliphatic rings. The van der Waals surface area contributed by atoms with Crippen LogP contribution in [0.15, 0.2) is 11.6 Å². The summed E-state index contributed by atoms with van der Waals surface area (Å²) in [7, 11) is 4.41. The topological polar surface area (TPSA) is 32.8 Å². The van der Waals surface area contributed by atoms with Gasteiger partial charge in [-0.05, 0) is 112 Å². The number of carbonyl (C=O) groups excluding carboxylic acids is 1. The van der Waals surface area contributed by atoms with Gasteiger partial charge in [0.15, 0.2) is 5.78 Å². The summed E-state index contributed by atoms with van der Waals surface area (Å²) in [6.07, 6.45) is 14.9. The van der Waals surface area contributed by atoms with Gasteiger partial charge in [0.05, 0.1) is 11.7 Å². The predicted octanol–water partition coefficient (Wildman–Crippen LogP) is 5.32. The van der Waals surface area contributed by atoms with Crippen molar-refractivity contribution in [2.75, 3.05) is 33.7 Å². The summed E-state index contributed by atoms with van der Waals surface area (Å²) < 4.78 is 7.35. The average molecular weight is 481 g/mol. The Kier molecular flexibility index (Phi) is 4.98. The third-order valence-electron chi connectivity index (χ3n) is 13.2. The van der Waals surface area contributed by atoms with Crippen LogP contribution in [0.3, 0.4) is 0 Å². The predicted molar refractivity (Wildman–Crippen MR) is 139 cm³/mol. The van der Waals surface area contributed by atoms with Crippen molar-refractivity contribution in [3.05, 3.63) is 11.6 Å². The van der Waals surface area contributed by atoms with Crippen molar-refractivity contribution in [3.63, 3.8) is 0 Å². The van der Waals surface area contributed by atoms with E-state index in [1.807, 2.05) is 0 Å². The Bertz CT molecular complexity index is 960. The van der Waals surface area contributed by atoms with Crippen molar-refractivity contribution >= 4 is 5.78 Å². The molecule has 2 aliphatic heterocycles. The standard InChI is InChI=1S/C31H48N2O2/c1-20-14-27-26(33(18-20)13-12-32(4)5)17-31(35-27)11-9-24-23-7-6-21-15-22(34)8-10-28(21,2)25(23)16-30(24)19-29(30,31)3/h15,20,23-27H,6-14,16-19H2,1-5H3. The number of fused-ring (bicyclic) bond motifs is 6. The molecule has 2 heterocycles. The van der Waals surface area contributed by atoms with E-state index in [0.29, 0.717) is 28.8 Å². The highest BCUT2D eigenvalue weighted by molar-refractivity contribution is 5.91. The van der Waals surface area contributed by atoms with Crippen LogP contribution >= 0.6 is 0 Å². The minimum Gasteiger partial charge on any atom is -0.369 e. The third-order valence-corrected chi connectivity index (χ3v) is 13.2. The Morgan fingerprint density at radius 1 is 1.11 bits per heavy atom. The molecule has 0 aromatic carbocycles. The number of nitrogens with zero attached hydrogens (tertiary/aromatic N) is 2. The van der Waals surface area contributed by atoms with Crippen LogP contribution in [0, 0.1) is 39.9 Å².